The minimum atomic E-state index is -1.19. The molecule has 4 aliphatic rings. The Balaban J connectivity index is 1.39. The van der Waals surface area contributed by atoms with Gasteiger partial charge < -0.3 is 9.84 Å². The van der Waals surface area contributed by atoms with E-state index in [0.29, 0.717) is 32.0 Å². The van der Waals surface area contributed by atoms with Gasteiger partial charge in [-0.3, -0.25) is 24.1 Å². The number of phenols is 1. The van der Waals surface area contributed by atoms with Crippen molar-refractivity contribution in [1.82, 2.24) is 0 Å². The highest BCUT2D eigenvalue weighted by Crippen LogP contribution is 2.64. The first kappa shape index (κ1) is 29.0. The Morgan fingerprint density at radius 1 is 0.909 bits per heavy atom. The smallest absolute Gasteiger partial charge is 0.241 e. The van der Waals surface area contributed by atoms with Crippen LogP contribution in [-0.4, -0.2) is 35.8 Å². The third kappa shape index (κ3) is 4.01. The van der Waals surface area contributed by atoms with Gasteiger partial charge in [-0.1, -0.05) is 41.4 Å². The van der Waals surface area contributed by atoms with Crippen molar-refractivity contribution < 1.29 is 29.0 Å². The molecule has 1 N–H and O–H groups in total. The summed E-state index contributed by atoms with van der Waals surface area (Å²) in [4.78, 5) is 59.2. The molecule has 6 atom stereocenters. The lowest BCUT2D eigenvalue weighted by Gasteiger charge is -2.49. The highest BCUT2D eigenvalue weighted by atomic mass is 127. The largest absolute Gasteiger partial charge is 0.504 e. The summed E-state index contributed by atoms with van der Waals surface area (Å²) in [6, 6.07) is 19.0. The average Bonchev–Trinajstić information content (AvgIpc) is 3.39. The molecule has 2 aliphatic carbocycles. The molecule has 4 amide bonds. The van der Waals surface area contributed by atoms with Crippen LogP contribution in [0.4, 0.5) is 11.4 Å². The molecule has 3 aromatic carbocycles. The first-order valence-electron chi connectivity index (χ1n) is 14.4. The van der Waals surface area contributed by atoms with Crippen LogP contribution in [0.15, 0.2) is 78.4 Å². The minimum absolute atomic E-state index is 0.0153. The highest BCUT2D eigenvalue weighted by molar-refractivity contribution is 14.1. The molecule has 1 saturated carbocycles. The molecule has 10 heteroatoms. The fourth-order valence-corrected chi connectivity index (χ4v) is 8.73. The quantitative estimate of drug-likeness (QED) is 0.199. The van der Waals surface area contributed by atoms with Crippen LogP contribution in [0.3, 0.4) is 0 Å². The summed E-state index contributed by atoms with van der Waals surface area (Å²) in [6.45, 7) is 1.84. The van der Waals surface area contributed by atoms with E-state index in [1.54, 1.807) is 54.6 Å². The van der Waals surface area contributed by atoms with Gasteiger partial charge in [0.05, 0.1) is 45.2 Å². The molecular weight excluding hydrogens is 695 g/mol. The van der Waals surface area contributed by atoms with Crippen LogP contribution in [0.5, 0.6) is 11.5 Å². The zero-order chi connectivity index (χ0) is 31.1. The molecule has 2 aliphatic heterocycles. The van der Waals surface area contributed by atoms with Crippen LogP contribution in [-0.2, 0) is 19.2 Å². The molecule has 44 heavy (non-hydrogen) atoms. The molecular formula is C34H28ClIN2O6. The molecule has 3 aromatic rings. The molecule has 0 radical (unpaired) electrons. The van der Waals surface area contributed by atoms with Gasteiger partial charge in [0.2, 0.25) is 23.6 Å². The standard InChI is InChI=1S/C34H28ClIN2O6/c1-34-24(31(41)38(33(34)43)19-6-4-3-5-7-19)16-23-21(28(34)17-14-25(36)29(39)26(15-17)44-2)12-13-22-27(23)32(42)37(30(22)40)20-10-8-18(35)9-11-20/h3-12,14-15,22-24,27-28,39H,13,16H2,1-2H3/t22-,23+,24-,27-,28-,34+/m0/s1. The Hall–Kier alpha value is -3.70. The van der Waals surface area contributed by atoms with Crippen molar-refractivity contribution in [2.75, 3.05) is 16.9 Å². The van der Waals surface area contributed by atoms with E-state index >= 15 is 0 Å². The van der Waals surface area contributed by atoms with Crippen molar-refractivity contribution in [3.63, 3.8) is 0 Å². The number of nitrogens with zero attached hydrogens (tertiary/aromatic N) is 2. The lowest BCUT2D eigenvalue weighted by atomic mass is 9.51. The third-order valence-corrected chi connectivity index (χ3v) is 11.1. The molecule has 224 valence electrons. The Kier molecular flexibility index (Phi) is 6.89. The third-order valence-electron chi connectivity index (χ3n) is 9.98. The van der Waals surface area contributed by atoms with Crippen molar-refractivity contribution in [2.45, 2.75) is 25.7 Å². The summed E-state index contributed by atoms with van der Waals surface area (Å²) in [5, 5.41) is 11.2. The maximum atomic E-state index is 14.5. The minimum Gasteiger partial charge on any atom is -0.504 e. The van der Waals surface area contributed by atoms with Crippen molar-refractivity contribution in [3.8, 4) is 11.5 Å². The van der Waals surface area contributed by atoms with E-state index in [1.807, 2.05) is 47.7 Å². The predicted molar refractivity (Wildman–Crippen MR) is 172 cm³/mol. The monoisotopic (exact) mass is 722 g/mol. The van der Waals surface area contributed by atoms with Crippen molar-refractivity contribution in [1.29, 1.82) is 0 Å². The van der Waals surface area contributed by atoms with E-state index in [1.165, 1.54) is 16.9 Å². The van der Waals surface area contributed by atoms with Gasteiger partial charge in [0, 0.05) is 10.9 Å². The second-order valence-corrected chi connectivity index (χ2v) is 13.6. The molecule has 2 saturated heterocycles. The van der Waals surface area contributed by atoms with Crippen LogP contribution in [0.2, 0.25) is 5.02 Å². The lowest BCUT2D eigenvalue weighted by Crippen LogP contribution is -2.48. The van der Waals surface area contributed by atoms with Crippen LogP contribution < -0.4 is 14.5 Å². The topological polar surface area (TPSA) is 104 Å². The molecule has 8 nitrogen and oxygen atoms in total. The van der Waals surface area contributed by atoms with Gasteiger partial charge in [0.25, 0.3) is 0 Å². The molecule has 7 rings (SSSR count). The number of fused-ring (bicyclic) bond motifs is 4. The van der Waals surface area contributed by atoms with Gasteiger partial charge in [0.1, 0.15) is 0 Å². The van der Waals surface area contributed by atoms with E-state index in [-0.39, 0.29) is 41.5 Å². The van der Waals surface area contributed by atoms with Crippen LogP contribution in [0, 0.1) is 32.7 Å². The number of hydrogen-bond donors (Lipinski definition) is 1. The van der Waals surface area contributed by atoms with Gasteiger partial charge in [-0.25, -0.2) is 4.90 Å². The first-order valence-corrected chi connectivity index (χ1v) is 15.9. The Morgan fingerprint density at radius 2 is 1.59 bits per heavy atom. The van der Waals surface area contributed by atoms with Crippen LogP contribution in [0.1, 0.15) is 31.2 Å². The number of hydrogen-bond acceptors (Lipinski definition) is 6. The molecule has 0 unspecified atom stereocenters. The number of ether oxygens (including phenoxy) is 1. The Morgan fingerprint density at radius 3 is 2.27 bits per heavy atom. The van der Waals surface area contributed by atoms with E-state index in [2.05, 4.69) is 0 Å². The fourth-order valence-electron chi connectivity index (χ4n) is 7.98. The zero-order valence-corrected chi connectivity index (χ0v) is 26.8. The molecule has 2 heterocycles. The number of phenolic OH excluding ortho intramolecular Hbond substituents is 1. The molecule has 0 bridgehead atoms. The number of carbonyl (C=O) groups is 4. The predicted octanol–water partition coefficient (Wildman–Crippen LogP) is 6.09. The number of para-hydroxylation sites is 1. The average molecular weight is 723 g/mol. The number of anilines is 2. The summed E-state index contributed by atoms with van der Waals surface area (Å²) in [5.74, 6) is -4.04. The first-order chi connectivity index (χ1) is 21.1. The van der Waals surface area contributed by atoms with Crippen LogP contribution >= 0.6 is 34.2 Å². The number of imide groups is 2. The maximum Gasteiger partial charge on any atom is 0.241 e. The Bertz CT molecular complexity index is 1780. The summed E-state index contributed by atoms with van der Waals surface area (Å²) >= 11 is 8.11. The van der Waals surface area contributed by atoms with E-state index in [4.69, 9.17) is 16.3 Å². The Labute approximate surface area is 272 Å². The van der Waals surface area contributed by atoms with Crippen molar-refractivity contribution in [3.05, 3.63) is 92.5 Å². The number of aromatic hydroxyl groups is 1. The fraction of sp³-hybridized carbons (Fsp3) is 0.294. The van der Waals surface area contributed by atoms with E-state index < -0.39 is 35.0 Å². The highest BCUT2D eigenvalue weighted by Gasteiger charge is 2.67. The van der Waals surface area contributed by atoms with Crippen LogP contribution in [0.25, 0.3) is 0 Å². The number of benzene rings is 3. The SMILES string of the molecule is COc1cc([C@H]2C3=CC[C@@H]4C(=O)N(c5ccc(Cl)cc5)C(=O)[C@@H]4[C@@H]3C[C@H]3C(=O)N(c4ccccc4)C(=O)[C@@]23C)cc(I)c1O. The number of halogens is 2. The number of carbonyl (C=O) groups excluding carboxylic acids is 4. The van der Waals surface area contributed by atoms with E-state index in [9.17, 15) is 24.3 Å². The van der Waals surface area contributed by atoms with Gasteiger partial charge in [-0.2, -0.15) is 0 Å². The number of rotatable bonds is 4. The summed E-state index contributed by atoms with van der Waals surface area (Å²) in [5.41, 5.74) is 1.33. The van der Waals surface area contributed by atoms with Crippen molar-refractivity contribution >= 4 is 69.2 Å². The molecule has 3 fully saturated rings. The van der Waals surface area contributed by atoms with Crippen molar-refractivity contribution in [2.24, 2.45) is 29.1 Å². The summed E-state index contributed by atoms with van der Waals surface area (Å²) in [7, 11) is 1.46. The van der Waals surface area contributed by atoms with E-state index in [0.717, 1.165) is 5.57 Å². The maximum absolute atomic E-state index is 14.5. The summed E-state index contributed by atoms with van der Waals surface area (Å²) < 4.78 is 6.03. The second-order valence-electron chi connectivity index (χ2n) is 12.0. The normalized spacial score (nSPS) is 29.4. The lowest BCUT2D eigenvalue weighted by molar-refractivity contribution is -0.131. The van der Waals surface area contributed by atoms with Gasteiger partial charge in [0.15, 0.2) is 11.5 Å². The molecule has 0 spiro atoms. The summed E-state index contributed by atoms with van der Waals surface area (Å²) in [6.07, 6.45) is 2.59. The number of allylic oxidation sites excluding steroid dienone is 2. The second kappa shape index (κ2) is 10.4. The van der Waals surface area contributed by atoms with Gasteiger partial charge in [-0.15, -0.1) is 0 Å². The number of amides is 4. The number of methoxy groups -OCH3 is 1. The molecule has 0 aromatic heterocycles. The zero-order valence-electron chi connectivity index (χ0n) is 23.9. The van der Waals surface area contributed by atoms with Gasteiger partial charge in [-0.05, 0) is 102 Å². The van der Waals surface area contributed by atoms with Gasteiger partial charge >= 0.3 is 0 Å².